The monoisotopic (exact) mass is 144 g/mol. The Labute approximate surface area is 62.7 Å². The van der Waals surface area contributed by atoms with Gasteiger partial charge in [0.1, 0.15) is 0 Å². The number of hydrogen-bond acceptors (Lipinski definition) is 1. The van der Waals surface area contributed by atoms with Crippen molar-refractivity contribution >= 4 is 11.8 Å². The Balaban J connectivity index is 2.75. The van der Waals surface area contributed by atoms with Crippen LogP contribution in [0.15, 0.2) is 11.5 Å². The quantitative estimate of drug-likeness (QED) is 0.533. The summed E-state index contributed by atoms with van der Waals surface area (Å²) in [5.41, 5.74) is 0. The highest BCUT2D eigenvalue weighted by molar-refractivity contribution is 8.02. The van der Waals surface area contributed by atoms with E-state index in [1.54, 1.807) is 0 Å². The second-order valence-electron chi connectivity index (χ2n) is 2.05. The third-order valence-corrected chi connectivity index (χ3v) is 2.09. The molecule has 0 aliphatic rings. The van der Waals surface area contributed by atoms with E-state index in [9.17, 15) is 0 Å². The average molecular weight is 144 g/mol. The number of thioether (sulfide) groups is 1. The van der Waals surface area contributed by atoms with Gasteiger partial charge in [0.25, 0.3) is 0 Å². The van der Waals surface area contributed by atoms with E-state index < -0.39 is 0 Å². The molecule has 0 aromatic heterocycles. The molecule has 0 spiro atoms. The van der Waals surface area contributed by atoms with Crippen LogP contribution in [0.25, 0.3) is 0 Å². The molecule has 0 nitrogen and oxygen atoms in total. The average Bonchev–Trinajstić information content (AvgIpc) is 1.89. The third-order valence-electron chi connectivity index (χ3n) is 1.10. The van der Waals surface area contributed by atoms with E-state index in [0.29, 0.717) is 0 Å². The minimum atomic E-state index is 1.29. The van der Waals surface area contributed by atoms with Gasteiger partial charge in [0, 0.05) is 0 Å². The maximum atomic E-state index is 2.24. The zero-order chi connectivity index (χ0) is 6.95. The van der Waals surface area contributed by atoms with Crippen molar-refractivity contribution in [1.29, 1.82) is 0 Å². The first-order valence-corrected chi connectivity index (χ1v) is 4.69. The molecule has 0 aliphatic carbocycles. The molecule has 0 rings (SSSR count). The molecule has 0 radical (unpaired) electrons. The van der Waals surface area contributed by atoms with Crippen molar-refractivity contribution in [2.45, 2.75) is 33.1 Å². The number of rotatable bonds is 5. The minimum Gasteiger partial charge on any atom is -0.134 e. The second-order valence-corrected chi connectivity index (χ2v) is 3.06. The highest BCUT2D eigenvalue weighted by atomic mass is 32.2. The lowest BCUT2D eigenvalue weighted by Gasteiger charge is -1.92. The highest BCUT2D eigenvalue weighted by Gasteiger charge is 1.82. The number of hydrogen-bond donors (Lipinski definition) is 0. The van der Waals surface area contributed by atoms with Crippen molar-refractivity contribution in [2.24, 2.45) is 0 Å². The van der Waals surface area contributed by atoms with Crippen molar-refractivity contribution < 1.29 is 0 Å². The van der Waals surface area contributed by atoms with Gasteiger partial charge in [0.15, 0.2) is 0 Å². The molecule has 0 atom stereocenters. The van der Waals surface area contributed by atoms with E-state index in [0.717, 1.165) is 0 Å². The van der Waals surface area contributed by atoms with E-state index in [2.05, 4.69) is 25.3 Å². The predicted molar refractivity (Wildman–Crippen MR) is 46.8 cm³/mol. The van der Waals surface area contributed by atoms with Crippen LogP contribution in [0.3, 0.4) is 0 Å². The summed E-state index contributed by atoms with van der Waals surface area (Å²) in [4.78, 5) is 0. The Hall–Kier alpha value is 0.0900. The van der Waals surface area contributed by atoms with Gasteiger partial charge in [-0.1, -0.05) is 25.8 Å². The molecule has 0 fully saturated rings. The molecule has 0 unspecified atom stereocenters. The molecule has 54 valence electrons. The SMILES string of the molecule is CC=CSCCCCC. The lowest BCUT2D eigenvalue weighted by molar-refractivity contribution is 0.779. The molecule has 0 amide bonds. The maximum absolute atomic E-state index is 2.24. The minimum absolute atomic E-state index is 1.29. The summed E-state index contributed by atoms with van der Waals surface area (Å²) in [5, 5.41) is 2.16. The Morgan fingerprint density at radius 2 is 2.11 bits per heavy atom. The first kappa shape index (κ1) is 9.09. The zero-order valence-corrected chi connectivity index (χ0v) is 7.21. The highest BCUT2D eigenvalue weighted by Crippen LogP contribution is 2.06. The molecular weight excluding hydrogens is 128 g/mol. The molecule has 0 aliphatic heterocycles. The van der Waals surface area contributed by atoms with Crippen LogP contribution in [0, 0.1) is 0 Å². The molecule has 0 N–H and O–H groups in total. The summed E-state index contributed by atoms with van der Waals surface area (Å²) in [6, 6.07) is 0. The van der Waals surface area contributed by atoms with E-state index in [4.69, 9.17) is 0 Å². The fourth-order valence-electron chi connectivity index (χ4n) is 0.600. The maximum Gasteiger partial charge on any atom is -0.00261 e. The molecule has 0 aromatic carbocycles. The lowest BCUT2D eigenvalue weighted by atomic mass is 10.3. The van der Waals surface area contributed by atoms with E-state index in [-0.39, 0.29) is 0 Å². The van der Waals surface area contributed by atoms with E-state index in [1.807, 2.05) is 11.8 Å². The van der Waals surface area contributed by atoms with Crippen LogP contribution in [-0.4, -0.2) is 5.75 Å². The van der Waals surface area contributed by atoms with Gasteiger partial charge >= 0.3 is 0 Å². The van der Waals surface area contributed by atoms with Crippen LogP contribution in [0.5, 0.6) is 0 Å². The third kappa shape index (κ3) is 8.09. The van der Waals surface area contributed by atoms with Crippen LogP contribution in [0.4, 0.5) is 0 Å². The van der Waals surface area contributed by atoms with Gasteiger partial charge in [-0.05, 0) is 24.5 Å². The standard InChI is InChI=1S/C8H16S/c1-3-5-6-8-9-7-4-2/h4,7H,3,5-6,8H2,1-2H3. The van der Waals surface area contributed by atoms with Crippen LogP contribution in [0.1, 0.15) is 33.1 Å². The summed E-state index contributed by atoms with van der Waals surface area (Å²) in [6.07, 6.45) is 6.17. The number of allylic oxidation sites excluding steroid dienone is 1. The molecule has 9 heavy (non-hydrogen) atoms. The van der Waals surface area contributed by atoms with Crippen molar-refractivity contribution in [3.63, 3.8) is 0 Å². The van der Waals surface area contributed by atoms with Crippen LogP contribution in [0.2, 0.25) is 0 Å². The Kier molecular flexibility index (Phi) is 8.17. The fraction of sp³-hybridized carbons (Fsp3) is 0.750. The van der Waals surface area contributed by atoms with E-state index >= 15 is 0 Å². The summed E-state index contributed by atoms with van der Waals surface area (Å²) in [7, 11) is 0. The van der Waals surface area contributed by atoms with Gasteiger partial charge in [0.05, 0.1) is 0 Å². The smallest absolute Gasteiger partial charge is 0.00261 e. The first-order valence-electron chi connectivity index (χ1n) is 3.64. The summed E-state index contributed by atoms with van der Waals surface area (Å²) in [5.74, 6) is 1.29. The van der Waals surface area contributed by atoms with Gasteiger partial charge in [-0.25, -0.2) is 0 Å². The van der Waals surface area contributed by atoms with Crippen molar-refractivity contribution in [2.75, 3.05) is 5.75 Å². The molecular formula is C8H16S. The molecule has 0 heterocycles. The van der Waals surface area contributed by atoms with Crippen LogP contribution >= 0.6 is 11.8 Å². The van der Waals surface area contributed by atoms with Gasteiger partial charge in [-0.2, -0.15) is 0 Å². The van der Waals surface area contributed by atoms with Gasteiger partial charge in [0.2, 0.25) is 0 Å². The van der Waals surface area contributed by atoms with Gasteiger partial charge in [-0.15, -0.1) is 11.8 Å². The normalized spacial score (nSPS) is 10.9. The number of unbranched alkanes of at least 4 members (excludes halogenated alkanes) is 2. The Morgan fingerprint density at radius 3 is 2.67 bits per heavy atom. The van der Waals surface area contributed by atoms with Gasteiger partial charge in [-0.3, -0.25) is 0 Å². The second kappa shape index (κ2) is 8.09. The largest absolute Gasteiger partial charge is 0.134 e. The van der Waals surface area contributed by atoms with Crippen molar-refractivity contribution in [3.8, 4) is 0 Å². The summed E-state index contributed by atoms with van der Waals surface area (Å²) < 4.78 is 0. The summed E-state index contributed by atoms with van der Waals surface area (Å²) in [6.45, 7) is 4.30. The zero-order valence-electron chi connectivity index (χ0n) is 6.39. The molecule has 0 aromatic rings. The van der Waals surface area contributed by atoms with Crippen LogP contribution in [-0.2, 0) is 0 Å². The van der Waals surface area contributed by atoms with Gasteiger partial charge < -0.3 is 0 Å². The topological polar surface area (TPSA) is 0 Å². The van der Waals surface area contributed by atoms with Crippen molar-refractivity contribution in [1.82, 2.24) is 0 Å². The fourth-order valence-corrected chi connectivity index (χ4v) is 1.30. The molecule has 0 bridgehead atoms. The molecule has 0 saturated heterocycles. The molecule has 1 heteroatoms. The first-order chi connectivity index (χ1) is 4.41. The van der Waals surface area contributed by atoms with E-state index in [1.165, 1.54) is 25.0 Å². The Morgan fingerprint density at radius 1 is 1.33 bits per heavy atom. The Bertz CT molecular complexity index is 67.0. The summed E-state index contributed by atoms with van der Waals surface area (Å²) >= 11 is 1.91. The molecule has 0 saturated carbocycles. The lowest BCUT2D eigenvalue weighted by Crippen LogP contribution is -1.75. The van der Waals surface area contributed by atoms with Crippen LogP contribution < -0.4 is 0 Å². The predicted octanol–water partition coefficient (Wildman–Crippen LogP) is 3.44. The van der Waals surface area contributed by atoms with Crippen molar-refractivity contribution in [3.05, 3.63) is 11.5 Å².